The smallest absolute Gasteiger partial charge is 0.288 e. The number of thioether (sulfide) groups is 1. The van der Waals surface area contributed by atoms with E-state index in [1.807, 2.05) is 47.8 Å². The maximum absolute atomic E-state index is 13.2. The van der Waals surface area contributed by atoms with Crippen molar-refractivity contribution in [2.75, 3.05) is 5.32 Å². The van der Waals surface area contributed by atoms with E-state index < -0.39 is 5.76 Å². The Hall–Kier alpha value is -3.08. The molecule has 5 nitrogen and oxygen atoms in total. The van der Waals surface area contributed by atoms with E-state index in [1.54, 1.807) is 29.1 Å². The molecule has 2 aromatic carbocycles. The standard InChI is InChI=1S/C22H14F2N4OS3/c23-21(24)31-14-8-9-16-18(11-14)32-22(25-16)26-20(29)15-12-28(13-5-2-1-3-6-13)27-19(15)17-7-4-10-30-17/h1-12,21H,(H,25,26,29). The number of amides is 1. The van der Waals surface area contributed by atoms with Gasteiger partial charge in [-0.25, -0.2) is 9.67 Å². The number of thiazole rings is 1. The minimum atomic E-state index is -2.49. The van der Waals surface area contributed by atoms with Gasteiger partial charge in [-0.3, -0.25) is 10.1 Å². The van der Waals surface area contributed by atoms with Crippen LogP contribution in [0.3, 0.4) is 0 Å². The minimum Gasteiger partial charge on any atom is -0.298 e. The van der Waals surface area contributed by atoms with Crippen LogP contribution in [0.2, 0.25) is 0 Å². The van der Waals surface area contributed by atoms with Gasteiger partial charge in [0.1, 0.15) is 5.69 Å². The summed E-state index contributed by atoms with van der Waals surface area (Å²) >= 11 is 3.23. The summed E-state index contributed by atoms with van der Waals surface area (Å²) < 4.78 is 27.7. The molecule has 0 atom stereocenters. The number of aromatic nitrogens is 3. The van der Waals surface area contributed by atoms with Crippen molar-refractivity contribution in [1.29, 1.82) is 0 Å². The second kappa shape index (κ2) is 8.81. The van der Waals surface area contributed by atoms with Crippen LogP contribution in [0.5, 0.6) is 0 Å². The molecule has 3 aromatic heterocycles. The van der Waals surface area contributed by atoms with Crippen molar-refractivity contribution in [3.8, 4) is 16.3 Å². The molecule has 0 radical (unpaired) electrons. The molecule has 0 aliphatic carbocycles. The zero-order valence-electron chi connectivity index (χ0n) is 16.2. The van der Waals surface area contributed by atoms with Crippen LogP contribution in [0.25, 0.3) is 26.5 Å². The zero-order chi connectivity index (χ0) is 22.1. The molecule has 5 aromatic rings. The maximum Gasteiger partial charge on any atom is 0.288 e. The first-order valence-corrected chi connectivity index (χ1v) is 12.0. The molecule has 1 N–H and O–H groups in total. The molecule has 32 heavy (non-hydrogen) atoms. The number of nitrogens with one attached hydrogen (secondary N) is 1. The number of benzene rings is 2. The number of hydrogen-bond acceptors (Lipinski definition) is 6. The SMILES string of the molecule is O=C(Nc1nc2ccc(SC(F)F)cc2s1)c1cn(-c2ccccc2)nc1-c1cccs1. The van der Waals surface area contributed by atoms with Crippen LogP contribution < -0.4 is 5.32 Å². The van der Waals surface area contributed by atoms with E-state index in [-0.39, 0.29) is 5.91 Å². The fourth-order valence-corrected chi connectivity index (χ4v) is 5.38. The lowest BCUT2D eigenvalue weighted by atomic mass is 10.2. The highest BCUT2D eigenvalue weighted by molar-refractivity contribution is 7.99. The fraction of sp³-hybridized carbons (Fsp3) is 0.0455. The second-order valence-corrected chi connectivity index (χ2v) is 9.67. The number of fused-ring (bicyclic) bond motifs is 1. The van der Waals surface area contributed by atoms with Gasteiger partial charge in [0.25, 0.3) is 11.7 Å². The molecular formula is C22H14F2N4OS3. The maximum atomic E-state index is 13.2. The van der Waals surface area contributed by atoms with Gasteiger partial charge in [-0.2, -0.15) is 13.9 Å². The summed E-state index contributed by atoms with van der Waals surface area (Å²) in [6.07, 6.45) is 1.70. The molecule has 5 rings (SSSR count). The topological polar surface area (TPSA) is 59.8 Å². The summed E-state index contributed by atoms with van der Waals surface area (Å²) in [7, 11) is 0. The van der Waals surface area contributed by atoms with Gasteiger partial charge in [-0.15, -0.1) is 11.3 Å². The molecular weight excluding hydrogens is 470 g/mol. The van der Waals surface area contributed by atoms with Crippen LogP contribution in [0, 0.1) is 0 Å². The number of anilines is 1. The summed E-state index contributed by atoms with van der Waals surface area (Å²) in [4.78, 5) is 18.9. The van der Waals surface area contributed by atoms with Crippen molar-refractivity contribution < 1.29 is 13.6 Å². The van der Waals surface area contributed by atoms with Gasteiger partial charge >= 0.3 is 0 Å². The minimum absolute atomic E-state index is 0.336. The predicted molar refractivity (Wildman–Crippen MR) is 126 cm³/mol. The van der Waals surface area contributed by atoms with E-state index in [1.165, 1.54) is 22.7 Å². The average Bonchev–Trinajstić information content (AvgIpc) is 3.52. The lowest BCUT2D eigenvalue weighted by molar-refractivity contribution is 0.102. The molecule has 0 aliphatic heterocycles. The van der Waals surface area contributed by atoms with Crippen LogP contribution >= 0.6 is 34.4 Å². The average molecular weight is 485 g/mol. The predicted octanol–water partition coefficient (Wildman–Crippen LogP) is 6.78. The Morgan fingerprint density at radius 3 is 2.69 bits per heavy atom. The number of nitrogens with zero attached hydrogens (tertiary/aromatic N) is 3. The van der Waals surface area contributed by atoms with Crippen molar-refractivity contribution in [2.45, 2.75) is 10.7 Å². The molecule has 0 unspecified atom stereocenters. The molecule has 3 heterocycles. The van der Waals surface area contributed by atoms with Crippen LogP contribution in [0.4, 0.5) is 13.9 Å². The number of carbonyl (C=O) groups is 1. The number of halogens is 2. The number of rotatable bonds is 6. The lowest BCUT2D eigenvalue weighted by Gasteiger charge is -2.00. The normalized spacial score (nSPS) is 11.3. The molecule has 0 fully saturated rings. The van der Waals surface area contributed by atoms with Gasteiger partial charge < -0.3 is 0 Å². The van der Waals surface area contributed by atoms with Crippen molar-refractivity contribution >= 4 is 55.7 Å². The molecule has 0 saturated heterocycles. The highest BCUT2D eigenvalue weighted by Gasteiger charge is 2.21. The number of thiophene rings is 1. The van der Waals surface area contributed by atoms with Crippen molar-refractivity contribution in [3.63, 3.8) is 0 Å². The first-order chi connectivity index (χ1) is 15.6. The van der Waals surface area contributed by atoms with Gasteiger partial charge in [-0.05, 0) is 41.8 Å². The Morgan fingerprint density at radius 2 is 1.94 bits per heavy atom. The number of para-hydroxylation sites is 1. The first kappa shape index (κ1) is 20.8. The molecule has 1 amide bonds. The van der Waals surface area contributed by atoms with Crippen LogP contribution in [0.1, 0.15) is 10.4 Å². The zero-order valence-corrected chi connectivity index (χ0v) is 18.7. The molecule has 0 saturated carbocycles. The molecule has 0 bridgehead atoms. The Kier molecular flexibility index (Phi) is 5.73. The molecule has 0 spiro atoms. The summed E-state index contributed by atoms with van der Waals surface area (Å²) in [5.41, 5.74) is 2.48. The molecule has 0 aliphatic rings. The Balaban J connectivity index is 1.47. The van der Waals surface area contributed by atoms with Gasteiger partial charge in [0.15, 0.2) is 5.13 Å². The number of alkyl halides is 2. The second-order valence-electron chi connectivity index (χ2n) is 6.63. The Labute approximate surface area is 193 Å². The highest BCUT2D eigenvalue weighted by Crippen LogP contribution is 2.33. The third-order valence-corrected chi connectivity index (χ3v) is 7.05. The van der Waals surface area contributed by atoms with E-state index in [4.69, 9.17) is 0 Å². The number of hydrogen-bond donors (Lipinski definition) is 1. The lowest BCUT2D eigenvalue weighted by Crippen LogP contribution is -2.11. The number of carbonyl (C=O) groups excluding carboxylic acids is 1. The van der Waals surface area contributed by atoms with Crippen molar-refractivity contribution in [3.05, 3.63) is 77.8 Å². The Morgan fingerprint density at radius 1 is 1.09 bits per heavy atom. The van der Waals surface area contributed by atoms with E-state index in [0.29, 0.717) is 38.6 Å². The fourth-order valence-electron chi connectivity index (χ4n) is 3.15. The van der Waals surface area contributed by atoms with Crippen LogP contribution in [0.15, 0.2) is 77.1 Å². The van der Waals surface area contributed by atoms with E-state index >= 15 is 0 Å². The van der Waals surface area contributed by atoms with E-state index in [0.717, 1.165) is 15.3 Å². The van der Waals surface area contributed by atoms with Gasteiger partial charge in [0.2, 0.25) is 0 Å². The Bertz CT molecular complexity index is 1380. The van der Waals surface area contributed by atoms with Gasteiger partial charge in [0.05, 0.1) is 26.3 Å². The summed E-state index contributed by atoms with van der Waals surface area (Å²) in [5.74, 6) is -2.83. The van der Waals surface area contributed by atoms with Crippen LogP contribution in [-0.2, 0) is 0 Å². The summed E-state index contributed by atoms with van der Waals surface area (Å²) in [6, 6.07) is 18.3. The van der Waals surface area contributed by atoms with E-state index in [2.05, 4.69) is 15.4 Å². The summed E-state index contributed by atoms with van der Waals surface area (Å²) in [6.45, 7) is 0. The monoisotopic (exact) mass is 484 g/mol. The molecule has 160 valence electrons. The third-order valence-electron chi connectivity index (χ3n) is 4.54. The van der Waals surface area contributed by atoms with E-state index in [9.17, 15) is 13.6 Å². The quantitative estimate of drug-likeness (QED) is 0.270. The van der Waals surface area contributed by atoms with Crippen molar-refractivity contribution in [1.82, 2.24) is 14.8 Å². The largest absolute Gasteiger partial charge is 0.298 e. The van der Waals surface area contributed by atoms with Crippen molar-refractivity contribution in [2.24, 2.45) is 0 Å². The molecule has 10 heteroatoms. The van der Waals surface area contributed by atoms with Crippen LogP contribution in [-0.4, -0.2) is 26.4 Å². The summed E-state index contributed by atoms with van der Waals surface area (Å²) in [5, 5.41) is 9.81. The third kappa shape index (κ3) is 4.29. The van der Waals surface area contributed by atoms with Gasteiger partial charge in [0, 0.05) is 11.1 Å². The first-order valence-electron chi connectivity index (χ1n) is 9.42. The van der Waals surface area contributed by atoms with Gasteiger partial charge in [-0.1, -0.05) is 47.4 Å². The highest BCUT2D eigenvalue weighted by atomic mass is 32.2.